The van der Waals surface area contributed by atoms with Crippen LogP contribution in [0.25, 0.3) is 11.1 Å². The standard InChI is InChI=1S/C14H14BrNO/c1-17-14-7-2-10(9-16)8-13(14)11-3-5-12(15)6-4-11/h2-8H,9,16H2,1H3. The molecule has 0 saturated carbocycles. The Morgan fingerprint density at radius 2 is 1.82 bits per heavy atom. The third kappa shape index (κ3) is 2.68. The van der Waals surface area contributed by atoms with E-state index >= 15 is 0 Å². The van der Waals surface area contributed by atoms with Crippen molar-refractivity contribution in [3.63, 3.8) is 0 Å². The molecule has 3 heteroatoms. The second-order valence-corrected chi connectivity index (χ2v) is 4.66. The van der Waals surface area contributed by atoms with Gasteiger partial charge in [-0.2, -0.15) is 0 Å². The molecule has 2 aromatic carbocycles. The van der Waals surface area contributed by atoms with Gasteiger partial charge in [-0.25, -0.2) is 0 Å². The van der Waals surface area contributed by atoms with Crippen LogP contribution in [0.3, 0.4) is 0 Å². The molecular weight excluding hydrogens is 278 g/mol. The Kier molecular flexibility index (Phi) is 3.82. The zero-order valence-electron chi connectivity index (χ0n) is 9.61. The van der Waals surface area contributed by atoms with Crippen molar-refractivity contribution in [3.05, 3.63) is 52.5 Å². The number of halogens is 1. The highest BCUT2D eigenvalue weighted by Crippen LogP contribution is 2.31. The summed E-state index contributed by atoms with van der Waals surface area (Å²) >= 11 is 3.43. The summed E-state index contributed by atoms with van der Waals surface area (Å²) in [5, 5.41) is 0. The van der Waals surface area contributed by atoms with Crippen LogP contribution in [0.5, 0.6) is 5.75 Å². The van der Waals surface area contributed by atoms with E-state index in [0.29, 0.717) is 6.54 Å². The van der Waals surface area contributed by atoms with E-state index in [1.807, 2.05) is 24.3 Å². The number of benzene rings is 2. The summed E-state index contributed by atoms with van der Waals surface area (Å²) in [5.41, 5.74) is 8.96. The van der Waals surface area contributed by atoms with Gasteiger partial charge in [-0.15, -0.1) is 0 Å². The summed E-state index contributed by atoms with van der Waals surface area (Å²) in [6.07, 6.45) is 0. The molecule has 0 aromatic heterocycles. The fourth-order valence-corrected chi connectivity index (χ4v) is 2.00. The van der Waals surface area contributed by atoms with Gasteiger partial charge in [0.15, 0.2) is 0 Å². The summed E-state index contributed by atoms with van der Waals surface area (Å²) in [4.78, 5) is 0. The van der Waals surface area contributed by atoms with E-state index in [1.165, 1.54) is 0 Å². The van der Waals surface area contributed by atoms with Gasteiger partial charge in [0, 0.05) is 16.6 Å². The molecule has 0 fully saturated rings. The second-order valence-electron chi connectivity index (χ2n) is 3.75. The highest BCUT2D eigenvalue weighted by molar-refractivity contribution is 9.10. The van der Waals surface area contributed by atoms with E-state index in [9.17, 15) is 0 Å². The van der Waals surface area contributed by atoms with Gasteiger partial charge in [0.2, 0.25) is 0 Å². The normalized spacial score (nSPS) is 10.3. The summed E-state index contributed by atoms with van der Waals surface area (Å²) in [6, 6.07) is 14.2. The molecule has 2 N–H and O–H groups in total. The van der Waals surface area contributed by atoms with Crippen LogP contribution in [0.1, 0.15) is 5.56 Å². The van der Waals surface area contributed by atoms with Gasteiger partial charge in [-0.1, -0.05) is 34.1 Å². The number of methoxy groups -OCH3 is 1. The maximum absolute atomic E-state index is 5.66. The molecule has 0 heterocycles. The van der Waals surface area contributed by atoms with Crippen molar-refractivity contribution in [2.24, 2.45) is 5.73 Å². The Morgan fingerprint density at radius 1 is 1.12 bits per heavy atom. The quantitative estimate of drug-likeness (QED) is 0.938. The minimum Gasteiger partial charge on any atom is -0.496 e. The molecule has 0 spiro atoms. The molecule has 2 nitrogen and oxygen atoms in total. The van der Waals surface area contributed by atoms with Crippen molar-refractivity contribution in [2.75, 3.05) is 7.11 Å². The molecule has 0 saturated heterocycles. The van der Waals surface area contributed by atoms with E-state index < -0.39 is 0 Å². The highest BCUT2D eigenvalue weighted by atomic mass is 79.9. The molecule has 0 radical (unpaired) electrons. The Balaban J connectivity index is 2.51. The van der Waals surface area contributed by atoms with Crippen molar-refractivity contribution in [1.29, 1.82) is 0 Å². The van der Waals surface area contributed by atoms with E-state index in [0.717, 1.165) is 26.9 Å². The smallest absolute Gasteiger partial charge is 0.126 e. The third-order valence-corrected chi connectivity index (χ3v) is 3.18. The van der Waals surface area contributed by atoms with Gasteiger partial charge in [-0.3, -0.25) is 0 Å². The minimum atomic E-state index is 0.535. The number of nitrogens with two attached hydrogens (primary N) is 1. The number of rotatable bonds is 3. The number of hydrogen-bond donors (Lipinski definition) is 1. The van der Waals surface area contributed by atoms with Crippen molar-refractivity contribution in [3.8, 4) is 16.9 Å². The fourth-order valence-electron chi connectivity index (χ4n) is 1.74. The fraction of sp³-hybridized carbons (Fsp3) is 0.143. The van der Waals surface area contributed by atoms with Crippen LogP contribution in [0, 0.1) is 0 Å². The zero-order valence-corrected chi connectivity index (χ0v) is 11.2. The lowest BCUT2D eigenvalue weighted by Crippen LogP contribution is -1.97. The average molecular weight is 292 g/mol. The zero-order chi connectivity index (χ0) is 12.3. The van der Waals surface area contributed by atoms with Gasteiger partial charge in [-0.05, 0) is 35.4 Å². The lowest BCUT2D eigenvalue weighted by atomic mass is 10.0. The van der Waals surface area contributed by atoms with Gasteiger partial charge < -0.3 is 10.5 Å². The molecule has 0 aliphatic carbocycles. The number of ether oxygens (including phenoxy) is 1. The maximum Gasteiger partial charge on any atom is 0.126 e. The second kappa shape index (κ2) is 5.34. The van der Waals surface area contributed by atoms with Crippen molar-refractivity contribution in [1.82, 2.24) is 0 Å². The molecule has 2 rings (SSSR count). The largest absolute Gasteiger partial charge is 0.496 e. The topological polar surface area (TPSA) is 35.2 Å². The van der Waals surface area contributed by atoms with E-state index in [2.05, 4.69) is 34.1 Å². The molecule has 88 valence electrons. The first-order chi connectivity index (χ1) is 8.24. The highest BCUT2D eigenvalue weighted by Gasteiger charge is 2.06. The first kappa shape index (κ1) is 12.1. The first-order valence-corrected chi connectivity index (χ1v) is 6.17. The van der Waals surface area contributed by atoms with Crippen LogP contribution >= 0.6 is 15.9 Å². The lowest BCUT2D eigenvalue weighted by Gasteiger charge is -2.10. The van der Waals surface area contributed by atoms with Crippen LogP contribution in [0.2, 0.25) is 0 Å². The molecule has 0 atom stereocenters. The van der Waals surface area contributed by atoms with E-state index in [4.69, 9.17) is 10.5 Å². The molecule has 0 aliphatic heterocycles. The summed E-state index contributed by atoms with van der Waals surface area (Å²) < 4.78 is 6.44. The summed E-state index contributed by atoms with van der Waals surface area (Å²) in [6.45, 7) is 0.535. The van der Waals surface area contributed by atoms with Gasteiger partial charge >= 0.3 is 0 Å². The molecule has 17 heavy (non-hydrogen) atoms. The van der Waals surface area contributed by atoms with Crippen LogP contribution < -0.4 is 10.5 Å². The van der Waals surface area contributed by atoms with Crippen LogP contribution in [0.15, 0.2) is 46.9 Å². The van der Waals surface area contributed by atoms with Crippen molar-refractivity contribution >= 4 is 15.9 Å². The number of hydrogen-bond acceptors (Lipinski definition) is 2. The van der Waals surface area contributed by atoms with Crippen molar-refractivity contribution in [2.45, 2.75) is 6.54 Å². The van der Waals surface area contributed by atoms with Crippen molar-refractivity contribution < 1.29 is 4.74 Å². The monoisotopic (exact) mass is 291 g/mol. The SMILES string of the molecule is COc1ccc(CN)cc1-c1ccc(Br)cc1. The molecule has 2 aromatic rings. The Hall–Kier alpha value is -1.32. The molecule has 0 unspecified atom stereocenters. The van der Waals surface area contributed by atoms with E-state index in [1.54, 1.807) is 7.11 Å². The maximum atomic E-state index is 5.66. The molecule has 0 aliphatic rings. The summed E-state index contributed by atoms with van der Waals surface area (Å²) in [7, 11) is 1.68. The minimum absolute atomic E-state index is 0.535. The van der Waals surface area contributed by atoms with E-state index in [-0.39, 0.29) is 0 Å². The molecule has 0 amide bonds. The third-order valence-electron chi connectivity index (χ3n) is 2.65. The molecular formula is C14H14BrNO. The van der Waals surface area contributed by atoms with Crippen LogP contribution in [-0.2, 0) is 6.54 Å². The average Bonchev–Trinajstić information content (AvgIpc) is 2.39. The van der Waals surface area contributed by atoms with Gasteiger partial charge in [0.1, 0.15) is 5.75 Å². The lowest BCUT2D eigenvalue weighted by molar-refractivity contribution is 0.416. The Bertz CT molecular complexity index is 508. The Morgan fingerprint density at radius 3 is 2.41 bits per heavy atom. The van der Waals surface area contributed by atoms with Crippen LogP contribution in [0.4, 0.5) is 0 Å². The van der Waals surface area contributed by atoms with Crippen LogP contribution in [-0.4, -0.2) is 7.11 Å². The predicted molar refractivity (Wildman–Crippen MR) is 74.0 cm³/mol. The molecule has 0 bridgehead atoms. The first-order valence-electron chi connectivity index (χ1n) is 5.37. The van der Waals surface area contributed by atoms with Gasteiger partial charge in [0.05, 0.1) is 7.11 Å². The van der Waals surface area contributed by atoms with Gasteiger partial charge in [0.25, 0.3) is 0 Å². The Labute approximate surface area is 110 Å². The summed E-state index contributed by atoms with van der Waals surface area (Å²) in [5.74, 6) is 0.865. The predicted octanol–water partition coefficient (Wildman–Crippen LogP) is 3.58.